The molecule has 2 N–H and O–H groups in total. The summed E-state index contributed by atoms with van der Waals surface area (Å²) in [5, 5.41) is 6.51. The van der Waals surface area contributed by atoms with Crippen LogP contribution in [0.1, 0.15) is 16.7 Å². The summed E-state index contributed by atoms with van der Waals surface area (Å²) in [4.78, 5) is 4.21. The summed E-state index contributed by atoms with van der Waals surface area (Å²) < 4.78 is 23.8. The van der Waals surface area contributed by atoms with Gasteiger partial charge in [-0.2, -0.15) is 0 Å². The van der Waals surface area contributed by atoms with Gasteiger partial charge >= 0.3 is 0 Å². The van der Waals surface area contributed by atoms with Crippen molar-refractivity contribution in [2.45, 2.75) is 19.6 Å². The van der Waals surface area contributed by atoms with Gasteiger partial charge in [-0.3, -0.25) is 4.99 Å². The number of benzene rings is 2. The van der Waals surface area contributed by atoms with Crippen molar-refractivity contribution in [3.8, 4) is 5.75 Å². The van der Waals surface area contributed by atoms with Crippen LogP contribution in [-0.2, 0) is 24.3 Å². The molecule has 0 aliphatic carbocycles. The second kappa shape index (κ2) is 12.5. The molecular weight excluding hydrogens is 460 g/mol. The first-order valence-corrected chi connectivity index (χ1v) is 8.50. The summed E-state index contributed by atoms with van der Waals surface area (Å²) in [5.74, 6) is 1.31. The molecule has 0 heterocycles. The third-order valence-corrected chi connectivity index (χ3v) is 3.96. The minimum atomic E-state index is -0.252. The number of rotatable bonds is 8. The summed E-state index contributed by atoms with van der Waals surface area (Å²) in [5.41, 5.74) is 2.74. The zero-order valence-corrected chi connectivity index (χ0v) is 18.3. The number of guanidine groups is 1. The van der Waals surface area contributed by atoms with Gasteiger partial charge in [0.1, 0.15) is 11.6 Å². The summed E-state index contributed by atoms with van der Waals surface area (Å²) in [6.07, 6.45) is 0.874. The molecule has 7 heteroatoms. The van der Waals surface area contributed by atoms with Gasteiger partial charge in [0.25, 0.3) is 0 Å². The van der Waals surface area contributed by atoms with Gasteiger partial charge in [-0.25, -0.2) is 4.39 Å². The summed E-state index contributed by atoms with van der Waals surface area (Å²) in [7, 11) is 4.94. The van der Waals surface area contributed by atoms with E-state index in [4.69, 9.17) is 9.47 Å². The maximum absolute atomic E-state index is 13.7. The van der Waals surface area contributed by atoms with Crippen LogP contribution in [0.2, 0.25) is 0 Å². The van der Waals surface area contributed by atoms with Crippen LogP contribution in [-0.4, -0.2) is 33.8 Å². The predicted molar refractivity (Wildman–Crippen MR) is 117 cm³/mol. The highest BCUT2D eigenvalue weighted by atomic mass is 127. The normalized spacial score (nSPS) is 10.9. The summed E-state index contributed by atoms with van der Waals surface area (Å²) in [6.45, 7) is 1.57. The van der Waals surface area contributed by atoms with E-state index in [1.807, 2.05) is 24.3 Å². The standard InChI is InChI=1S/C20H26FN3O2.HI/c1-22-20(23-11-10-15-4-7-18(26-3)8-5-15)24-13-16-6-9-19(21)17(12-16)14-25-2;/h4-9,12H,10-11,13-14H2,1-3H3,(H2,22,23,24);1H. The molecular formula is C20H27FIN3O2. The van der Waals surface area contributed by atoms with Gasteiger partial charge in [-0.05, 0) is 41.8 Å². The highest BCUT2D eigenvalue weighted by molar-refractivity contribution is 14.0. The quantitative estimate of drug-likeness (QED) is 0.340. The molecule has 0 aliphatic heterocycles. The lowest BCUT2D eigenvalue weighted by atomic mass is 10.1. The zero-order chi connectivity index (χ0) is 18.8. The molecule has 0 saturated carbocycles. The minimum Gasteiger partial charge on any atom is -0.497 e. The molecule has 0 bridgehead atoms. The van der Waals surface area contributed by atoms with E-state index < -0.39 is 0 Å². The Kier molecular flexibility index (Phi) is 10.7. The van der Waals surface area contributed by atoms with Gasteiger partial charge in [-0.15, -0.1) is 24.0 Å². The molecule has 0 unspecified atom stereocenters. The minimum absolute atomic E-state index is 0. The van der Waals surface area contributed by atoms with E-state index in [0.717, 1.165) is 24.3 Å². The molecule has 5 nitrogen and oxygen atoms in total. The van der Waals surface area contributed by atoms with Crippen molar-refractivity contribution in [3.05, 3.63) is 65.0 Å². The number of methoxy groups -OCH3 is 2. The Labute approximate surface area is 177 Å². The van der Waals surface area contributed by atoms with E-state index in [1.165, 1.54) is 11.6 Å². The maximum atomic E-state index is 13.7. The van der Waals surface area contributed by atoms with Crippen molar-refractivity contribution in [1.82, 2.24) is 10.6 Å². The van der Waals surface area contributed by atoms with Crippen LogP contribution in [0.5, 0.6) is 5.75 Å². The van der Waals surface area contributed by atoms with E-state index >= 15 is 0 Å². The Morgan fingerprint density at radius 2 is 1.74 bits per heavy atom. The Bertz CT molecular complexity index is 724. The van der Waals surface area contributed by atoms with Crippen LogP contribution in [0.4, 0.5) is 4.39 Å². The predicted octanol–water partition coefficient (Wildman–Crippen LogP) is 3.51. The fourth-order valence-electron chi connectivity index (χ4n) is 2.53. The lowest BCUT2D eigenvalue weighted by Gasteiger charge is -2.13. The highest BCUT2D eigenvalue weighted by Gasteiger charge is 2.04. The molecule has 0 atom stereocenters. The van der Waals surface area contributed by atoms with Crippen molar-refractivity contribution in [1.29, 1.82) is 0 Å². The molecule has 27 heavy (non-hydrogen) atoms. The van der Waals surface area contributed by atoms with Gasteiger partial charge in [0, 0.05) is 32.8 Å². The maximum Gasteiger partial charge on any atom is 0.191 e. The van der Waals surface area contributed by atoms with Crippen molar-refractivity contribution in [3.63, 3.8) is 0 Å². The van der Waals surface area contributed by atoms with Crippen molar-refractivity contribution >= 4 is 29.9 Å². The monoisotopic (exact) mass is 487 g/mol. The van der Waals surface area contributed by atoms with Crippen LogP contribution in [0.15, 0.2) is 47.5 Å². The molecule has 0 spiro atoms. The first-order valence-electron chi connectivity index (χ1n) is 8.50. The molecule has 0 aromatic heterocycles. The van der Waals surface area contributed by atoms with E-state index in [1.54, 1.807) is 33.4 Å². The number of halogens is 2. The second-order valence-electron chi connectivity index (χ2n) is 5.81. The lowest BCUT2D eigenvalue weighted by Crippen LogP contribution is -2.37. The zero-order valence-electron chi connectivity index (χ0n) is 15.9. The number of nitrogens with zero attached hydrogens (tertiary/aromatic N) is 1. The Hall–Kier alpha value is -1.87. The summed E-state index contributed by atoms with van der Waals surface area (Å²) >= 11 is 0. The highest BCUT2D eigenvalue weighted by Crippen LogP contribution is 2.12. The third-order valence-electron chi connectivity index (χ3n) is 3.96. The van der Waals surface area contributed by atoms with E-state index in [2.05, 4.69) is 15.6 Å². The smallest absolute Gasteiger partial charge is 0.191 e. The first-order chi connectivity index (χ1) is 12.7. The number of nitrogens with one attached hydrogen (secondary N) is 2. The Balaban J connectivity index is 0.00000364. The van der Waals surface area contributed by atoms with Gasteiger partial charge < -0.3 is 20.1 Å². The lowest BCUT2D eigenvalue weighted by molar-refractivity contribution is 0.181. The fourth-order valence-corrected chi connectivity index (χ4v) is 2.53. The molecule has 2 aromatic rings. The van der Waals surface area contributed by atoms with Gasteiger partial charge in [0.05, 0.1) is 13.7 Å². The van der Waals surface area contributed by atoms with Crippen LogP contribution >= 0.6 is 24.0 Å². The molecule has 0 fully saturated rings. The molecule has 0 aliphatic rings. The third kappa shape index (κ3) is 7.72. The number of hydrogen-bond donors (Lipinski definition) is 2. The number of hydrogen-bond acceptors (Lipinski definition) is 3. The summed E-state index contributed by atoms with van der Waals surface area (Å²) in [6, 6.07) is 13.0. The average Bonchev–Trinajstić information content (AvgIpc) is 2.67. The van der Waals surface area contributed by atoms with Crippen LogP contribution < -0.4 is 15.4 Å². The van der Waals surface area contributed by atoms with Gasteiger partial charge in [0.2, 0.25) is 0 Å². The van der Waals surface area contributed by atoms with Crippen LogP contribution in [0.25, 0.3) is 0 Å². The molecule has 0 amide bonds. The van der Waals surface area contributed by atoms with Crippen molar-refractivity contribution < 1.29 is 13.9 Å². The molecule has 0 radical (unpaired) electrons. The largest absolute Gasteiger partial charge is 0.497 e. The average molecular weight is 487 g/mol. The fraction of sp³-hybridized carbons (Fsp3) is 0.350. The number of aliphatic imine (C=N–C) groups is 1. The Morgan fingerprint density at radius 1 is 1.04 bits per heavy atom. The second-order valence-corrected chi connectivity index (χ2v) is 5.81. The van der Waals surface area contributed by atoms with Gasteiger partial charge in [0.15, 0.2) is 5.96 Å². The first kappa shape index (κ1) is 23.2. The van der Waals surface area contributed by atoms with E-state index in [0.29, 0.717) is 18.1 Å². The van der Waals surface area contributed by atoms with Crippen LogP contribution in [0.3, 0.4) is 0 Å². The SMILES string of the molecule is CN=C(NCCc1ccc(OC)cc1)NCc1ccc(F)c(COC)c1.I. The molecule has 2 rings (SSSR count). The molecule has 2 aromatic carbocycles. The van der Waals surface area contributed by atoms with Crippen molar-refractivity contribution in [2.24, 2.45) is 4.99 Å². The van der Waals surface area contributed by atoms with Crippen LogP contribution in [0, 0.1) is 5.82 Å². The Morgan fingerprint density at radius 3 is 2.37 bits per heavy atom. The van der Waals surface area contributed by atoms with Gasteiger partial charge in [-0.1, -0.05) is 18.2 Å². The van der Waals surface area contributed by atoms with E-state index in [9.17, 15) is 4.39 Å². The van der Waals surface area contributed by atoms with Crippen molar-refractivity contribution in [2.75, 3.05) is 27.8 Å². The topological polar surface area (TPSA) is 54.9 Å². The number of ether oxygens (including phenoxy) is 2. The van der Waals surface area contributed by atoms with E-state index in [-0.39, 0.29) is 36.4 Å². The molecule has 0 saturated heterocycles. The molecule has 148 valence electrons.